The smallest absolute Gasteiger partial charge is 0.344 e. The standard InChI is InChI=1S/C23H28O7/c1-23(2,3)30-21(24)15-28-19-11-5-16(6-12-19)13-20(22(25)26)29-14-17-7-9-18(27-4)10-8-17/h5-12,20H,13-15H2,1-4H3,(H,25,26). The second-order valence-corrected chi connectivity index (χ2v) is 7.71. The van der Waals surface area contributed by atoms with Gasteiger partial charge in [0, 0.05) is 6.42 Å². The van der Waals surface area contributed by atoms with Crippen LogP contribution in [0.4, 0.5) is 0 Å². The number of carboxylic acid groups (broad SMARTS) is 1. The number of esters is 1. The van der Waals surface area contributed by atoms with E-state index < -0.39 is 23.6 Å². The van der Waals surface area contributed by atoms with E-state index in [2.05, 4.69) is 0 Å². The number of ether oxygens (including phenoxy) is 4. The molecule has 30 heavy (non-hydrogen) atoms. The summed E-state index contributed by atoms with van der Waals surface area (Å²) in [6.07, 6.45) is -0.779. The van der Waals surface area contributed by atoms with Crippen molar-refractivity contribution in [1.82, 2.24) is 0 Å². The third kappa shape index (κ3) is 8.13. The molecule has 0 heterocycles. The van der Waals surface area contributed by atoms with E-state index in [1.54, 1.807) is 64.3 Å². The normalized spacial score (nSPS) is 12.1. The molecule has 1 atom stereocenters. The molecule has 0 saturated carbocycles. The maximum absolute atomic E-state index is 11.7. The first-order valence-corrected chi connectivity index (χ1v) is 9.57. The van der Waals surface area contributed by atoms with Gasteiger partial charge in [0.2, 0.25) is 0 Å². The first-order chi connectivity index (χ1) is 14.2. The Hall–Kier alpha value is -3.06. The molecule has 0 aliphatic rings. The fourth-order valence-corrected chi connectivity index (χ4v) is 2.59. The van der Waals surface area contributed by atoms with Crippen LogP contribution in [0.1, 0.15) is 31.9 Å². The highest BCUT2D eigenvalue weighted by molar-refractivity contribution is 5.73. The summed E-state index contributed by atoms with van der Waals surface area (Å²) in [5, 5.41) is 9.47. The van der Waals surface area contributed by atoms with Crippen molar-refractivity contribution in [3.63, 3.8) is 0 Å². The zero-order valence-corrected chi connectivity index (χ0v) is 17.7. The lowest BCUT2D eigenvalue weighted by molar-refractivity contribution is -0.157. The molecule has 7 nitrogen and oxygen atoms in total. The van der Waals surface area contributed by atoms with Crippen LogP contribution in [0.2, 0.25) is 0 Å². The number of aliphatic carboxylic acids is 1. The summed E-state index contributed by atoms with van der Waals surface area (Å²) in [5.74, 6) is -0.267. The Morgan fingerprint density at radius 3 is 2.03 bits per heavy atom. The van der Waals surface area contributed by atoms with E-state index >= 15 is 0 Å². The van der Waals surface area contributed by atoms with Crippen molar-refractivity contribution in [2.24, 2.45) is 0 Å². The maximum Gasteiger partial charge on any atom is 0.344 e. The summed E-state index contributed by atoms with van der Waals surface area (Å²) in [5.41, 5.74) is 1.07. The van der Waals surface area contributed by atoms with Gasteiger partial charge in [-0.15, -0.1) is 0 Å². The minimum absolute atomic E-state index is 0.179. The van der Waals surface area contributed by atoms with Crippen molar-refractivity contribution in [3.05, 3.63) is 59.7 Å². The number of rotatable bonds is 10. The quantitative estimate of drug-likeness (QED) is 0.592. The van der Waals surface area contributed by atoms with E-state index in [9.17, 15) is 14.7 Å². The topological polar surface area (TPSA) is 91.3 Å². The molecule has 0 spiro atoms. The van der Waals surface area contributed by atoms with Gasteiger partial charge in [0.05, 0.1) is 13.7 Å². The van der Waals surface area contributed by atoms with E-state index in [0.29, 0.717) is 5.75 Å². The Kier molecular flexibility index (Phi) is 8.24. The molecule has 162 valence electrons. The zero-order chi connectivity index (χ0) is 22.1. The van der Waals surface area contributed by atoms with Gasteiger partial charge in [-0.1, -0.05) is 24.3 Å². The monoisotopic (exact) mass is 416 g/mol. The largest absolute Gasteiger partial charge is 0.497 e. The molecular formula is C23H28O7. The van der Waals surface area contributed by atoms with Crippen LogP contribution < -0.4 is 9.47 Å². The molecular weight excluding hydrogens is 388 g/mol. The van der Waals surface area contributed by atoms with Gasteiger partial charge in [0.25, 0.3) is 0 Å². The Bertz CT molecular complexity index is 820. The zero-order valence-electron chi connectivity index (χ0n) is 17.7. The Labute approximate surface area is 176 Å². The predicted molar refractivity (Wildman–Crippen MR) is 111 cm³/mol. The van der Waals surface area contributed by atoms with Gasteiger partial charge >= 0.3 is 11.9 Å². The molecule has 0 bridgehead atoms. The van der Waals surface area contributed by atoms with Crippen LogP contribution >= 0.6 is 0 Å². The molecule has 0 aliphatic carbocycles. The molecule has 2 aromatic carbocycles. The van der Waals surface area contributed by atoms with Gasteiger partial charge in [0.1, 0.15) is 17.1 Å². The van der Waals surface area contributed by atoms with E-state index in [-0.39, 0.29) is 19.6 Å². The van der Waals surface area contributed by atoms with E-state index in [0.717, 1.165) is 16.9 Å². The fraction of sp³-hybridized carbons (Fsp3) is 0.391. The number of methoxy groups -OCH3 is 1. The lowest BCUT2D eigenvalue weighted by Crippen LogP contribution is -2.27. The molecule has 0 fully saturated rings. The second kappa shape index (κ2) is 10.6. The van der Waals surface area contributed by atoms with Gasteiger partial charge in [-0.2, -0.15) is 0 Å². The number of carbonyl (C=O) groups excluding carboxylic acids is 1. The molecule has 0 radical (unpaired) electrons. The van der Waals surface area contributed by atoms with Crippen molar-refractivity contribution in [2.45, 2.75) is 45.5 Å². The van der Waals surface area contributed by atoms with Gasteiger partial charge in [-0.25, -0.2) is 9.59 Å². The third-order valence-electron chi connectivity index (χ3n) is 4.01. The SMILES string of the molecule is COc1ccc(COC(Cc2ccc(OCC(=O)OC(C)(C)C)cc2)C(=O)O)cc1. The van der Waals surface area contributed by atoms with E-state index in [1.165, 1.54) is 0 Å². The van der Waals surface area contributed by atoms with Crippen LogP contribution in [0.15, 0.2) is 48.5 Å². The van der Waals surface area contributed by atoms with E-state index in [1.807, 2.05) is 12.1 Å². The average Bonchev–Trinajstić information content (AvgIpc) is 2.69. The maximum atomic E-state index is 11.7. The van der Waals surface area contributed by atoms with Crippen molar-refractivity contribution in [2.75, 3.05) is 13.7 Å². The summed E-state index contributed by atoms with van der Waals surface area (Å²) in [7, 11) is 1.58. The van der Waals surface area contributed by atoms with Crippen molar-refractivity contribution in [3.8, 4) is 11.5 Å². The van der Waals surface area contributed by atoms with Crippen LogP contribution in [-0.4, -0.2) is 42.5 Å². The molecule has 1 N–H and O–H groups in total. The van der Waals surface area contributed by atoms with Gasteiger partial charge < -0.3 is 24.1 Å². The Morgan fingerprint density at radius 2 is 1.50 bits per heavy atom. The molecule has 0 aromatic heterocycles. The highest BCUT2D eigenvalue weighted by atomic mass is 16.6. The Morgan fingerprint density at radius 1 is 0.933 bits per heavy atom. The Balaban J connectivity index is 1.87. The highest BCUT2D eigenvalue weighted by Crippen LogP contribution is 2.17. The van der Waals surface area contributed by atoms with Crippen LogP contribution in [0.5, 0.6) is 11.5 Å². The van der Waals surface area contributed by atoms with Crippen LogP contribution in [0, 0.1) is 0 Å². The van der Waals surface area contributed by atoms with Crippen LogP contribution in [-0.2, 0) is 32.1 Å². The van der Waals surface area contributed by atoms with Crippen molar-refractivity contribution in [1.29, 1.82) is 0 Å². The van der Waals surface area contributed by atoms with Crippen LogP contribution in [0.25, 0.3) is 0 Å². The minimum Gasteiger partial charge on any atom is -0.497 e. The first kappa shape index (κ1) is 23.2. The summed E-state index contributed by atoms with van der Waals surface area (Å²) in [6.45, 7) is 5.34. The van der Waals surface area contributed by atoms with E-state index in [4.69, 9.17) is 18.9 Å². The molecule has 0 amide bonds. The summed E-state index contributed by atoms with van der Waals surface area (Å²) >= 11 is 0. The summed E-state index contributed by atoms with van der Waals surface area (Å²) in [4.78, 5) is 23.3. The number of carboxylic acids is 1. The van der Waals surface area contributed by atoms with Crippen molar-refractivity contribution >= 4 is 11.9 Å². The highest BCUT2D eigenvalue weighted by Gasteiger charge is 2.19. The number of hydrogen-bond donors (Lipinski definition) is 1. The predicted octanol–water partition coefficient (Wildman–Crippen LogP) is 3.63. The van der Waals surface area contributed by atoms with Crippen molar-refractivity contribution < 1.29 is 33.6 Å². The average molecular weight is 416 g/mol. The third-order valence-corrected chi connectivity index (χ3v) is 4.01. The van der Waals surface area contributed by atoms with Gasteiger partial charge in [-0.3, -0.25) is 0 Å². The number of benzene rings is 2. The molecule has 0 aliphatic heterocycles. The van der Waals surface area contributed by atoms with Crippen LogP contribution in [0.3, 0.4) is 0 Å². The molecule has 2 aromatic rings. The number of hydrogen-bond acceptors (Lipinski definition) is 6. The lowest BCUT2D eigenvalue weighted by atomic mass is 10.1. The lowest BCUT2D eigenvalue weighted by Gasteiger charge is -2.19. The molecule has 2 rings (SSSR count). The summed E-state index contributed by atoms with van der Waals surface area (Å²) in [6, 6.07) is 14.1. The van der Waals surface area contributed by atoms with Gasteiger partial charge in [0.15, 0.2) is 12.7 Å². The molecule has 7 heteroatoms. The van der Waals surface area contributed by atoms with Gasteiger partial charge in [-0.05, 0) is 56.2 Å². The second-order valence-electron chi connectivity index (χ2n) is 7.71. The first-order valence-electron chi connectivity index (χ1n) is 9.57. The molecule has 0 saturated heterocycles. The fourth-order valence-electron chi connectivity index (χ4n) is 2.59. The molecule has 1 unspecified atom stereocenters. The minimum atomic E-state index is -1.03. The summed E-state index contributed by atoms with van der Waals surface area (Å²) < 4.78 is 21.3. The number of carbonyl (C=O) groups is 2.